The molecule has 1 aromatic rings. The van der Waals surface area contributed by atoms with Crippen LogP contribution in [0.15, 0.2) is 12.1 Å². The zero-order valence-corrected chi connectivity index (χ0v) is 7.86. The van der Waals surface area contributed by atoms with Crippen LogP contribution in [0, 0.1) is 0 Å². The average molecular weight is 194 g/mol. The average Bonchev–Trinajstić information content (AvgIpc) is 2.53. The van der Waals surface area contributed by atoms with Crippen LogP contribution < -0.4 is 10.2 Å². The SMILES string of the molecule is CCOc1c(O)ccc2c1B(O)OC2. The van der Waals surface area contributed by atoms with Crippen LogP contribution in [-0.2, 0) is 11.3 Å². The lowest BCUT2D eigenvalue weighted by Gasteiger charge is -2.10. The Balaban J connectivity index is 2.50. The van der Waals surface area contributed by atoms with E-state index >= 15 is 0 Å². The molecule has 0 unspecified atom stereocenters. The van der Waals surface area contributed by atoms with Crippen molar-refractivity contribution in [2.45, 2.75) is 13.5 Å². The van der Waals surface area contributed by atoms with E-state index < -0.39 is 7.12 Å². The standard InChI is InChI=1S/C9H11BO4/c1-2-13-9-7(11)4-3-6-5-14-10(12)8(6)9/h3-4,11-12H,2,5H2,1H3. The fourth-order valence-corrected chi connectivity index (χ4v) is 1.57. The molecule has 1 aliphatic rings. The lowest BCUT2D eigenvalue weighted by Crippen LogP contribution is -2.29. The van der Waals surface area contributed by atoms with Crippen molar-refractivity contribution in [3.63, 3.8) is 0 Å². The Morgan fingerprint density at radius 3 is 3.07 bits per heavy atom. The normalized spacial score (nSPS) is 14.3. The van der Waals surface area contributed by atoms with Gasteiger partial charge in [0.25, 0.3) is 0 Å². The Hall–Kier alpha value is -1.20. The van der Waals surface area contributed by atoms with Crippen LogP contribution in [0.1, 0.15) is 12.5 Å². The third-order valence-corrected chi connectivity index (χ3v) is 2.20. The molecular weight excluding hydrogens is 183 g/mol. The van der Waals surface area contributed by atoms with Crippen molar-refractivity contribution in [2.75, 3.05) is 6.61 Å². The summed E-state index contributed by atoms with van der Waals surface area (Å²) in [6, 6.07) is 3.27. The topological polar surface area (TPSA) is 58.9 Å². The number of hydrogen-bond acceptors (Lipinski definition) is 4. The summed E-state index contributed by atoms with van der Waals surface area (Å²) in [5.74, 6) is 0.366. The first-order valence-electron chi connectivity index (χ1n) is 4.51. The van der Waals surface area contributed by atoms with Gasteiger partial charge in [-0.3, -0.25) is 0 Å². The molecule has 14 heavy (non-hydrogen) atoms. The molecule has 1 aliphatic heterocycles. The number of ether oxygens (including phenoxy) is 1. The number of phenols is 1. The lowest BCUT2D eigenvalue weighted by molar-refractivity contribution is 0.275. The zero-order chi connectivity index (χ0) is 10.1. The van der Waals surface area contributed by atoms with E-state index in [0.717, 1.165) is 5.56 Å². The lowest BCUT2D eigenvalue weighted by atomic mass is 9.78. The number of rotatable bonds is 2. The van der Waals surface area contributed by atoms with Crippen molar-refractivity contribution in [1.82, 2.24) is 0 Å². The molecule has 1 aromatic carbocycles. The van der Waals surface area contributed by atoms with E-state index in [4.69, 9.17) is 9.39 Å². The molecule has 2 rings (SSSR count). The van der Waals surface area contributed by atoms with Gasteiger partial charge in [0.15, 0.2) is 11.5 Å². The first kappa shape index (κ1) is 9.36. The van der Waals surface area contributed by atoms with E-state index in [2.05, 4.69) is 0 Å². The maximum atomic E-state index is 9.53. The van der Waals surface area contributed by atoms with E-state index in [0.29, 0.717) is 24.4 Å². The number of benzene rings is 1. The van der Waals surface area contributed by atoms with Gasteiger partial charge in [0, 0.05) is 5.46 Å². The highest BCUT2D eigenvalue weighted by Gasteiger charge is 2.32. The monoisotopic (exact) mass is 194 g/mol. The highest BCUT2D eigenvalue weighted by atomic mass is 16.5. The predicted octanol–water partition coefficient (Wildman–Crippen LogP) is 0.00860. The zero-order valence-electron chi connectivity index (χ0n) is 7.86. The second-order valence-corrected chi connectivity index (χ2v) is 3.08. The molecule has 2 N–H and O–H groups in total. The molecule has 74 valence electrons. The van der Waals surface area contributed by atoms with Gasteiger partial charge in [0.2, 0.25) is 0 Å². The van der Waals surface area contributed by atoms with Gasteiger partial charge in [-0.2, -0.15) is 0 Å². The molecular formula is C9H11BO4. The Bertz CT molecular complexity index is 353. The molecule has 0 atom stereocenters. The maximum Gasteiger partial charge on any atom is 0.495 e. The quantitative estimate of drug-likeness (QED) is 0.651. The molecule has 0 radical (unpaired) electrons. The summed E-state index contributed by atoms with van der Waals surface area (Å²) < 4.78 is 10.3. The van der Waals surface area contributed by atoms with E-state index in [-0.39, 0.29) is 5.75 Å². The first-order valence-corrected chi connectivity index (χ1v) is 4.51. The van der Waals surface area contributed by atoms with Crippen molar-refractivity contribution in [1.29, 1.82) is 0 Å². The molecule has 0 spiro atoms. The fraction of sp³-hybridized carbons (Fsp3) is 0.333. The molecule has 1 heterocycles. The van der Waals surface area contributed by atoms with Gasteiger partial charge in [0.05, 0.1) is 13.2 Å². The van der Waals surface area contributed by atoms with Crippen molar-refractivity contribution in [3.8, 4) is 11.5 Å². The number of phenolic OH excluding ortho intramolecular Hbond substituents is 1. The summed E-state index contributed by atoms with van der Waals surface area (Å²) in [5.41, 5.74) is 1.41. The molecule has 0 aromatic heterocycles. The third kappa shape index (κ3) is 1.34. The molecule has 0 fully saturated rings. The summed E-state index contributed by atoms with van der Waals surface area (Å²) in [6.45, 7) is 2.62. The highest BCUT2D eigenvalue weighted by molar-refractivity contribution is 6.62. The summed E-state index contributed by atoms with van der Waals surface area (Å²) in [7, 11) is -0.987. The van der Waals surface area contributed by atoms with E-state index in [1.54, 1.807) is 12.1 Å². The van der Waals surface area contributed by atoms with Gasteiger partial charge in [-0.25, -0.2) is 0 Å². The maximum absolute atomic E-state index is 9.53. The Morgan fingerprint density at radius 1 is 1.57 bits per heavy atom. The highest BCUT2D eigenvalue weighted by Crippen LogP contribution is 2.28. The number of aromatic hydroxyl groups is 1. The molecule has 0 saturated heterocycles. The predicted molar refractivity (Wildman–Crippen MR) is 51.7 cm³/mol. The van der Waals surface area contributed by atoms with Gasteiger partial charge in [-0.15, -0.1) is 0 Å². The molecule has 4 nitrogen and oxygen atoms in total. The second kappa shape index (κ2) is 3.51. The minimum atomic E-state index is -0.987. The minimum Gasteiger partial charge on any atom is -0.504 e. The van der Waals surface area contributed by atoms with Gasteiger partial charge in [-0.1, -0.05) is 6.07 Å². The molecule has 0 aliphatic carbocycles. The van der Waals surface area contributed by atoms with Crippen LogP contribution in [0.2, 0.25) is 0 Å². The van der Waals surface area contributed by atoms with Crippen LogP contribution in [0.5, 0.6) is 11.5 Å². The Kier molecular flexibility index (Phi) is 2.35. The van der Waals surface area contributed by atoms with Crippen molar-refractivity contribution < 1.29 is 19.5 Å². The van der Waals surface area contributed by atoms with E-state index in [1.165, 1.54) is 0 Å². The summed E-state index contributed by atoms with van der Waals surface area (Å²) in [4.78, 5) is 0. The molecule has 5 heteroatoms. The number of fused-ring (bicyclic) bond motifs is 1. The van der Waals surface area contributed by atoms with Gasteiger partial charge in [-0.05, 0) is 18.6 Å². The van der Waals surface area contributed by atoms with Crippen LogP contribution in [0.25, 0.3) is 0 Å². The van der Waals surface area contributed by atoms with Gasteiger partial charge >= 0.3 is 7.12 Å². The molecule has 0 bridgehead atoms. The van der Waals surface area contributed by atoms with Crippen molar-refractivity contribution in [2.24, 2.45) is 0 Å². The van der Waals surface area contributed by atoms with Crippen molar-refractivity contribution in [3.05, 3.63) is 17.7 Å². The van der Waals surface area contributed by atoms with Crippen LogP contribution >= 0.6 is 0 Å². The molecule has 0 saturated carbocycles. The van der Waals surface area contributed by atoms with Crippen molar-refractivity contribution >= 4 is 12.6 Å². The first-order chi connectivity index (χ1) is 6.74. The summed E-state index contributed by atoms with van der Waals surface area (Å²) in [6.07, 6.45) is 0. The second-order valence-electron chi connectivity index (χ2n) is 3.08. The molecule has 0 amide bonds. The van der Waals surface area contributed by atoms with E-state index in [1.807, 2.05) is 6.92 Å². The summed E-state index contributed by atoms with van der Waals surface area (Å²) >= 11 is 0. The Labute approximate surface area is 82.2 Å². The summed E-state index contributed by atoms with van der Waals surface area (Å²) in [5, 5.41) is 19.0. The van der Waals surface area contributed by atoms with E-state index in [9.17, 15) is 10.1 Å². The minimum absolute atomic E-state index is 0.0372. The van der Waals surface area contributed by atoms with Crippen LogP contribution in [0.3, 0.4) is 0 Å². The smallest absolute Gasteiger partial charge is 0.495 e. The largest absolute Gasteiger partial charge is 0.504 e. The van der Waals surface area contributed by atoms with Crippen LogP contribution in [0.4, 0.5) is 0 Å². The van der Waals surface area contributed by atoms with Gasteiger partial charge in [0.1, 0.15) is 0 Å². The third-order valence-electron chi connectivity index (χ3n) is 2.20. The number of hydrogen-bond donors (Lipinski definition) is 2. The fourth-order valence-electron chi connectivity index (χ4n) is 1.57. The van der Waals surface area contributed by atoms with Gasteiger partial charge < -0.3 is 19.5 Å². The Morgan fingerprint density at radius 2 is 2.36 bits per heavy atom. The van der Waals surface area contributed by atoms with Crippen LogP contribution in [-0.4, -0.2) is 23.9 Å².